The lowest BCUT2D eigenvalue weighted by atomic mass is 9.70. The van der Waals surface area contributed by atoms with Crippen LogP contribution in [-0.2, 0) is 10.0 Å². The Hall–Kier alpha value is -6.05. The number of hydrogen-bond acceptors (Lipinski definition) is 13. The lowest BCUT2D eigenvalue weighted by molar-refractivity contribution is -0.384. The van der Waals surface area contributed by atoms with Gasteiger partial charge in [0.2, 0.25) is 0 Å². The molecule has 3 aromatic carbocycles. The number of ether oxygens (including phenoxy) is 3. The number of fused-ring (bicyclic) bond motifs is 2. The summed E-state index contributed by atoms with van der Waals surface area (Å²) in [6.07, 6.45) is 9.49. The molecule has 10 rings (SSSR count). The fraction of sp³-hybridized carbons (Fsp3) is 0.490. The van der Waals surface area contributed by atoms with Crippen molar-refractivity contribution in [2.24, 2.45) is 11.3 Å². The highest BCUT2D eigenvalue weighted by atomic mass is 32.2. The van der Waals surface area contributed by atoms with Gasteiger partial charge in [-0.1, -0.05) is 44.5 Å². The number of aromatic amines is 1. The molecule has 3 atom stereocenters. The molecule has 2 aliphatic carbocycles. The van der Waals surface area contributed by atoms with Gasteiger partial charge in [0.05, 0.1) is 27.0 Å². The van der Waals surface area contributed by atoms with Crippen molar-refractivity contribution in [1.82, 2.24) is 19.6 Å². The summed E-state index contributed by atoms with van der Waals surface area (Å²) in [4.78, 5) is 37.2. The predicted molar refractivity (Wildman–Crippen MR) is 259 cm³/mol. The first-order valence-electron chi connectivity index (χ1n) is 24.3. The minimum Gasteiger partial charge on any atom is -0.489 e. The van der Waals surface area contributed by atoms with Crippen LogP contribution in [0, 0.1) is 21.4 Å². The maximum atomic E-state index is 14.2. The maximum absolute atomic E-state index is 14.2. The van der Waals surface area contributed by atoms with Crippen LogP contribution in [-0.4, -0.2) is 96.3 Å². The Balaban J connectivity index is 0.888. The number of nitro groups is 1. The summed E-state index contributed by atoms with van der Waals surface area (Å²) in [5.41, 5.74) is 2.42. The van der Waals surface area contributed by atoms with Crippen LogP contribution < -0.4 is 29.1 Å². The molecule has 5 aromatic rings. The molecule has 4 N–H and O–H groups in total. The molecule has 1 spiro atoms. The molecule has 0 radical (unpaired) electrons. The van der Waals surface area contributed by atoms with E-state index in [-0.39, 0.29) is 58.1 Å². The van der Waals surface area contributed by atoms with Crippen LogP contribution in [0.25, 0.3) is 11.0 Å². The van der Waals surface area contributed by atoms with E-state index in [1.807, 2.05) is 4.72 Å². The number of nitrogens with one attached hydrogen (secondary N) is 3. The van der Waals surface area contributed by atoms with E-state index in [1.54, 1.807) is 31.3 Å². The Morgan fingerprint density at radius 3 is 2.49 bits per heavy atom. The van der Waals surface area contributed by atoms with Crippen molar-refractivity contribution in [2.45, 2.75) is 120 Å². The molecule has 70 heavy (non-hydrogen) atoms. The van der Waals surface area contributed by atoms with E-state index in [4.69, 9.17) is 14.2 Å². The van der Waals surface area contributed by atoms with Crippen molar-refractivity contribution in [3.8, 4) is 23.1 Å². The Labute approximate surface area is 405 Å². The van der Waals surface area contributed by atoms with Gasteiger partial charge in [-0.3, -0.25) is 19.8 Å². The standard InChI is InChI=1S/C51H59F2N7O9S/c1-30(2)35-7-4-5-8-36(35)37-9-6-10-40(37)59-28-51(29-59)18-21-58(22-19-51)33-11-12-38(42(24-33)68-44-23-32-15-20-54-46(32)56-48(44)69-49(52)53)47(61)57-70(65,66)34-25-41(60(63)64)45-43(26-34)67-27-39(55-45)31-13-16-50(3,62)17-14-31/h4-5,7-8,11-12,15,20,23-26,30-31,37,39-40,49,55,62H,6,9-10,13-14,16-19,21-22,27-29H2,1-3H3,(H,54,56)(H,57,61)/t31?,37-,39+,40-,50?/m0/s1. The quantitative estimate of drug-likeness (QED) is 0.0643. The number of rotatable bonds is 13. The number of carbonyl (C=O) groups is 1. The molecular weight excluding hydrogens is 925 g/mol. The maximum Gasteiger partial charge on any atom is 0.388 e. The Kier molecular flexibility index (Phi) is 12.7. The average molecular weight is 984 g/mol. The SMILES string of the molecule is CC(C)c1ccccc1[C@@H]1CCC[C@@H]1N1CC2(CCN(c3ccc(C(=O)NS(=O)(=O)c4cc5c(c([N+](=O)[O-])c4)N[C@@H](C4CCC(C)(O)CC4)CO5)c(Oc4cc5cc[nH]c5nc4OC(F)F)c3)CC2)C1. The van der Waals surface area contributed by atoms with Crippen molar-refractivity contribution < 1.29 is 46.2 Å². The van der Waals surface area contributed by atoms with Crippen molar-refractivity contribution in [3.63, 3.8) is 0 Å². The topological polar surface area (TPSA) is 201 Å². The number of sulfonamides is 1. The number of anilines is 2. The van der Waals surface area contributed by atoms with Gasteiger partial charge in [0, 0.05) is 67.7 Å². The van der Waals surface area contributed by atoms with E-state index < -0.39 is 49.5 Å². The van der Waals surface area contributed by atoms with Crippen LogP contribution in [0.5, 0.6) is 23.1 Å². The number of aromatic nitrogens is 2. The third kappa shape index (κ3) is 9.46. The van der Waals surface area contributed by atoms with Crippen LogP contribution in [0.1, 0.15) is 112 Å². The molecule has 2 saturated carbocycles. The zero-order valence-corrected chi connectivity index (χ0v) is 40.3. The number of halogens is 2. The van der Waals surface area contributed by atoms with Crippen LogP contribution in [0.3, 0.4) is 0 Å². The molecule has 5 aliphatic rings. The number of aliphatic hydroxyl groups is 1. The minimum absolute atomic E-state index is 0.0222. The van der Waals surface area contributed by atoms with Crippen molar-refractivity contribution >= 4 is 44.0 Å². The molecule has 3 aliphatic heterocycles. The van der Waals surface area contributed by atoms with Crippen molar-refractivity contribution in [2.75, 3.05) is 43.0 Å². The smallest absolute Gasteiger partial charge is 0.388 e. The van der Waals surface area contributed by atoms with Gasteiger partial charge >= 0.3 is 6.61 Å². The number of pyridine rings is 1. The average Bonchev–Trinajstić information content (AvgIpc) is 4.00. The van der Waals surface area contributed by atoms with Gasteiger partial charge in [-0.05, 0) is 117 Å². The summed E-state index contributed by atoms with van der Waals surface area (Å²) in [7, 11) is -4.81. The van der Waals surface area contributed by atoms with E-state index in [0.29, 0.717) is 67.7 Å². The van der Waals surface area contributed by atoms with E-state index in [2.05, 4.69) is 63.2 Å². The Bertz CT molecular complexity index is 2900. The summed E-state index contributed by atoms with van der Waals surface area (Å²) in [6, 6.07) is 18.8. The molecule has 16 nitrogen and oxygen atoms in total. The lowest BCUT2D eigenvalue weighted by Crippen LogP contribution is -2.63. The Morgan fingerprint density at radius 1 is 1.00 bits per heavy atom. The van der Waals surface area contributed by atoms with Crippen LogP contribution in [0.4, 0.5) is 25.8 Å². The molecular formula is C51H59F2N7O9S. The molecule has 1 amide bonds. The lowest BCUT2D eigenvalue weighted by Gasteiger charge is -2.57. The minimum atomic E-state index is -4.81. The third-order valence-electron chi connectivity index (χ3n) is 15.5. The number of piperidine rings is 1. The third-order valence-corrected chi connectivity index (χ3v) is 16.9. The van der Waals surface area contributed by atoms with Crippen molar-refractivity contribution in [1.29, 1.82) is 0 Å². The first-order chi connectivity index (χ1) is 33.4. The second-order valence-electron chi connectivity index (χ2n) is 20.6. The van der Waals surface area contributed by atoms with Crippen LogP contribution in [0.15, 0.2) is 77.8 Å². The van der Waals surface area contributed by atoms with Gasteiger partial charge in [-0.2, -0.15) is 13.8 Å². The van der Waals surface area contributed by atoms with Gasteiger partial charge in [-0.15, -0.1) is 0 Å². The number of carbonyl (C=O) groups excluding carboxylic acids is 1. The fourth-order valence-corrected chi connectivity index (χ4v) is 12.7. The van der Waals surface area contributed by atoms with Crippen molar-refractivity contribution in [3.05, 3.63) is 99.7 Å². The van der Waals surface area contributed by atoms with Gasteiger partial charge < -0.3 is 34.5 Å². The summed E-state index contributed by atoms with van der Waals surface area (Å²) in [5, 5.41) is 26.6. The molecule has 0 unspecified atom stereocenters. The monoisotopic (exact) mass is 983 g/mol. The van der Waals surface area contributed by atoms with E-state index in [9.17, 15) is 37.2 Å². The second kappa shape index (κ2) is 18.6. The highest BCUT2D eigenvalue weighted by molar-refractivity contribution is 7.90. The normalized spacial score (nSPS) is 24.5. The zero-order valence-electron chi connectivity index (χ0n) is 39.5. The number of nitrogens with zero attached hydrogens (tertiary/aromatic N) is 4. The van der Waals surface area contributed by atoms with E-state index in [1.165, 1.54) is 42.5 Å². The van der Waals surface area contributed by atoms with Gasteiger partial charge in [0.1, 0.15) is 18.0 Å². The molecule has 19 heteroatoms. The fourth-order valence-electron chi connectivity index (χ4n) is 11.7. The number of likely N-dealkylation sites (tertiary alicyclic amines) is 1. The molecule has 372 valence electrons. The number of amides is 1. The van der Waals surface area contributed by atoms with Gasteiger partial charge in [0.25, 0.3) is 27.5 Å². The van der Waals surface area contributed by atoms with E-state index >= 15 is 0 Å². The number of hydrogen-bond donors (Lipinski definition) is 4. The first kappa shape index (κ1) is 47.6. The predicted octanol–water partition coefficient (Wildman–Crippen LogP) is 9.46. The summed E-state index contributed by atoms with van der Waals surface area (Å²) >= 11 is 0. The van der Waals surface area contributed by atoms with Crippen LogP contribution >= 0.6 is 0 Å². The number of benzene rings is 3. The Morgan fingerprint density at radius 2 is 1.76 bits per heavy atom. The second-order valence-corrected chi connectivity index (χ2v) is 22.2. The number of nitro benzene ring substituents is 1. The summed E-state index contributed by atoms with van der Waals surface area (Å²) in [5.74, 6) is -1.15. The number of H-pyrrole nitrogens is 1. The van der Waals surface area contributed by atoms with Gasteiger partial charge in [0.15, 0.2) is 17.2 Å². The molecule has 5 heterocycles. The molecule has 0 bridgehead atoms. The van der Waals surface area contributed by atoms with Crippen LogP contribution in [0.2, 0.25) is 0 Å². The summed E-state index contributed by atoms with van der Waals surface area (Å²) < 4.78 is 74.6. The zero-order chi connectivity index (χ0) is 49.1. The molecule has 2 saturated heterocycles. The highest BCUT2D eigenvalue weighted by Crippen LogP contribution is 2.50. The van der Waals surface area contributed by atoms with E-state index in [0.717, 1.165) is 38.1 Å². The van der Waals surface area contributed by atoms with Gasteiger partial charge in [-0.25, -0.2) is 13.1 Å². The first-order valence-corrected chi connectivity index (χ1v) is 25.8. The molecule has 4 fully saturated rings. The summed E-state index contributed by atoms with van der Waals surface area (Å²) in [6.45, 7) is 6.59. The largest absolute Gasteiger partial charge is 0.489 e. The number of alkyl halides is 2. The molecule has 2 aromatic heterocycles. The highest BCUT2D eigenvalue weighted by Gasteiger charge is 2.49.